The molecule has 2 N–H and O–H groups in total. The Morgan fingerprint density at radius 1 is 1.07 bits per heavy atom. The summed E-state index contributed by atoms with van der Waals surface area (Å²) in [7, 11) is 0.0841. The maximum atomic E-state index is 12.4. The van der Waals surface area contributed by atoms with Crippen molar-refractivity contribution < 1.29 is 47.8 Å². The summed E-state index contributed by atoms with van der Waals surface area (Å²) in [5.74, 6) is 0.108. The zero-order chi connectivity index (χ0) is 20.4. The van der Waals surface area contributed by atoms with Crippen LogP contribution in [0.2, 0.25) is 0 Å². The maximum absolute atomic E-state index is 12.4. The average Bonchev–Trinajstić information content (AvgIpc) is 2.55. The number of carbonyl (C=O) groups is 3. The number of benzene rings is 1. The zero-order valence-electron chi connectivity index (χ0n) is 16.9. The van der Waals surface area contributed by atoms with Crippen molar-refractivity contribution in [2.45, 2.75) is 45.4 Å². The third kappa shape index (κ3) is 12.1. The molecule has 7 nitrogen and oxygen atoms in total. The largest absolute Gasteiger partial charge is 1.00 e. The van der Waals surface area contributed by atoms with Gasteiger partial charge in [0.05, 0.1) is 12.5 Å². The van der Waals surface area contributed by atoms with Gasteiger partial charge in [-0.05, 0) is 37.2 Å². The van der Waals surface area contributed by atoms with Crippen molar-refractivity contribution in [3.8, 4) is 0 Å². The monoisotopic (exact) mass is 524 g/mol. The van der Waals surface area contributed by atoms with E-state index in [2.05, 4.69) is 10.6 Å². The minimum atomic E-state index is -0.876. The van der Waals surface area contributed by atoms with Gasteiger partial charge in [-0.25, -0.2) is 9.59 Å². The fourth-order valence-corrected chi connectivity index (χ4v) is 2.73. The van der Waals surface area contributed by atoms with Crippen LogP contribution in [0.5, 0.6) is 0 Å². The number of amides is 3. The molecule has 0 bridgehead atoms. The number of nitrogens with one attached hydrogen (secondary N) is 2. The van der Waals surface area contributed by atoms with Crippen LogP contribution in [0.15, 0.2) is 30.3 Å². The molecule has 0 aliphatic carbocycles. The standard InChI is InChI=1S/C19H28N2O5S.HI/c1-19(2,3)26-18(24)20-15(11-12-27(4)5)16(22)21-17(23)25-13-14-9-7-6-8-10-14;/h6-10,15H,11-13H2,1-5H3,(H-,20,21,22,23,24);1H/t15-;/m1./s1. The van der Waals surface area contributed by atoms with E-state index in [1.54, 1.807) is 20.8 Å². The quantitative estimate of drug-likeness (QED) is 0.375. The van der Waals surface area contributed by atoms with E-state index in [9.17, 15) is 14.4 Å². The van der Waals surface area contributed by atoms with E-state index in [1.807, 2.05) is 42.8 Å². The van der Waals surface area contributed by atoms with Gasteiger partial charge in [0.25, 0.3) is 5.91 Å². The summed E-state index contributed by atoms with van der Waals surface area (Å²) in [6, 6.07) is 8.26. The van der Waals surface area contributed by atoms with Crippen LogP contribution in [-0.4, -0.2) is 48.0 Å². The minimum Gasteiger partial charge on any atom is -1.00 e. The molecule has 9 heteroatoms. The van der Waals surface area contributed by atoms with Crippen LogP contribution in [0.25, 0.3) is 0 Å². The number of halogens is 1. The summed E-state index contributed by atoms with van der Waals surface area (Å²) in [6.07, 6.45) is 2.92. The van der Waals surface area contributed by atoms with Crippen molar-refractivity contribution >= 4 is 29.0 Å². The fourth-order valence-electron chi connectivity index (χ4n) is 2.02. The molecule has 0 heterocycles. The molecule has 0 unspecified atom stereocenters. The van der Waals surface area contributed by atoms with Gasteiger partial charge < -0.3 is 38.8 Å². The van der Waals surface area contributed by atoms with Crippen LogP contribution in [0.3, 0.4) is 0 Å². The topological polar surface area (TPSA) is 93.7 Å². The second kappa shape index (κ2) is 12.9. The molecule has 1 aromatic carbocycles. The SMILES string of the molecule is C[S+](C)CC[C@@H](NC(=O)OC(C)(C)C)C(=O)NC(=O)OCc1ccccc1.[I-]. The highest BCUT2D eigenvalue weighted by Crippen LogP contribution is 2.08. The van der Waals surface area contributed by atoms with Crippen molar-refractivity contribution in [1.29, 1.82) is 0 Å². The molecule has 158 valence electrons. The summed E-state index contributed by atoms with van der Waals surface area (Å²) in [6.45, 7) is 5.26. The van der Waals surface area contributed by atoms with Crippen LogP contribution in [0.1, 0.15) is 32.8 Å². The number of rotatable bonds is 7. The van der Waals surface area contributed by atoms with Gasteiger partial charge in [-0.1, -0.05) is 30.3 Å². The lowest BCUT2D eigenvalue weighted by Crippen LogP contribution is -3.00. The average molecular weight is 524 g/mol. The molecule has 1 rings (SSSR count). The van der Waals surface area contributed by atoms with Gasteiger partial charge in [-0.15, -0.1) is 0 Å². The normalized spacial score (nSPS) is 11.8. The van der Waals surface area contributed by atoms with Gasteiger partial charge in [-0.3, -0.25) is 10.1 Å². The second-order valence-corrected chi connectivity index (χ2v) is 9.61. The first-order valence-corrected chi connectivity index (χ1v) is 10.8. The van der Waals surface area contributed by atoms with Crippen LogP contribution in [0, 0.1) is 0 Å². The molecule has 1 aromatic rings. The van der Waals surface area contributed by atoms with Crippen LogP contribution < -0.4 is 34.6 Å². The maximum Gasteiger partial charge on any atom is 0.414 e. The Labute approximate surface area is 186 Å². The highest BCUT2D eigenvalue weighted by Gasteiger charge is 2.27. The lowest BCUT2D eigenvalue weighted by molar-refractivity contribution is -0.122. The second-order valence-electron chi connectivity index (χ2n) is 7.23. The molecule has 0 fully saturated rings. The summed E-state index contributed by atoms with van der Waals surface area (Å²) in [5.41, 5.74) is 0.129. The van der Waals surface area contributed by atoms with Gasteiger partial charge in [0, 0.05) is 6.42 Å². The predicted octanol–water partition coefficient (Wildman–Crippen LogP) is -0.395. The first-order valence-electron chi connectivity index (χ1n) is 8.62. The van der Waals surface area contributed by atoms with Crippen molar-refractivity contribution in [2.75, 3.05) is 18.3 Å². The Morgan fingerprint density at radius 2 is 1.68 bits per heavy atom. The molecular weight excluding hydrogens is 495 g/mol. The summed E-state index contributed by atoms with van der Waals surface area (Å²) < 4.78 is 10.2. The van der Waals surface area contributed by atoms with Crippen LogP contribution in [0.4, 0.5) is 9.59 Å². The third-order valence-electron chi connectivity index (χ3n) is 3.26. The highest BCUT2D eigenvalue weighted by molar-refractivity contribution is 7.95. The van der Waals surface area contributed by atoms with E-state index < -0.39 is 29.7 Å². The van der Waals surface area contributed by atoms with Crippen molar-refractivity contribution in [1.82, 2.24) is 10.6 Å². The number of hydrogen-bond acceptors (Lipinski definition) is 5. The Morgan fingerprint density at radius 3 is 2.21 bits per heavy atom. The minimum absolute atomic E-state index is 0. The highest BCUT2D eigenvalue weighted by atomic mass is 127. The molecule has 0 spiro atoms. The zero-order valence-corrected chi connectivity index (χ0v) is 19.9. The lowest BCUT2D eigenvalue weighted by atomic mass is 10.2. The van der Waals surface area contributed by atoms with Crippen molar-refractivity contribution in [2.24, 2.45) is 0 Å². The fraction of sp³-hybridized carbons (Fsp3) is 0.526. The molecule has 0 saturated carbocycles. The molecule has 28 heavy (non-hydrogen) atoms. The summed E-state index contributed by atoms with van der Waals surface area (Å²) in [4.78, 5) is 36.3. The molecule has 0 aromatic heterocycles. The van der Waals surface area contributed by atoms with E-state index in [0.29, 0.717) is 6.42 Å². The first-order chi connectivity index (χ1) is 12.6. The molecule has 0 radical (unpaired) electrons. The molecular formula is C19H29IN2O5S. The van der Waals surface area contributed by atoms with Crippen LogP contribution in [-0.2, 0) is 31.8 Å². The number of alkyl carbamates (subject to hydrolysis) is 2. The lowest BCUT2D eigenvalue weighted by Gasteiger charge is -2.22. The molecule has 0 aliphatic rings. The predicted molar refractivity (Wildman–Crippen MR) is 107 cm³/mol. The van der Waals surface area contributed by atoms with Crippen molar-refractivity contribution in [3.63, 3.8) is 0 Å². The number of hydrogen-bond donors (Lipinski definition) is 2. The molecule has 0 saturated heterocycles. The number of ether oxygens (including phenoxy) is 2. The van der Waals surface area contributed by atoms with Gasteiger partial charge in [0.2, 0.25) is 0 Å². The Hall–Kier alpha value is -1.49. The first kappa shape index (κ1) is 26.5. The van der Waals surface area contributed by atoms with Crippen molar-refractivity contribution in [3.05, 3.63) is 35.9 Å². The van der Waals surface area contributed by atoms with Gasteiger partial charge in [0.15, 0.2) is 0 Å². The van der Waals surface area contributed by atoms with E-state index in [4.69, 9.17) is 9.47 Å². The molecule has 0 aliphatic heterocycles. The number of imide groups is 1. The van der Waals surface area contributed by atoms with Gasteiger partial charge in [0.1, 0.15) is 24.0 Å². The summed E-state index contributed by atoms with van der Waals surface area (Å²) in [5, 5.41) is 4.71. The van der Waals surface area contributed by atoms with Gasteiger partial charge in [-0.2, -0.15) is 0 Å². The number of carbonyl (C=O) groups excluding carboxylic acids is 3. The molecule has 3 amide bonds. The Balaban J connectivity index is 0.00000729. The Kier molecular flexibility index (Phi) is 12.2. The van der Waals surface area contributed by atoms with Crippen LogP contribution >= 0.6 is 0 Å². The van der Waals surface area contributed by atoms with E-state index in [1.165, 1.54) is 0 Å². The third-order valence-corrected chi connectivity index (χ3v) is 4.31. The van der Waals surface area contributed by atoms with E-state index >= 15 is 0 Å². The smallest absolute Gasteiger partial charge is 0.414 e. The van der Waals surface area contributed by atoms with E-state index in [-0.39, 0.29) is 41.5 Å². The molecule has 1 atom stereocenters. The Bertz CT molecular complexity index is 635. The van der Waals surface area contributed by atoms with E-state index in [0.717, 1.165) is 11.3 Å². The summed E-state index contributed by atoms with van der Waals surface area (Å²) >= 11 is 0. The van der Waals surface area contributed by atoms with Gasteiger partial charge >= 0.3 is 12.2 Å².